The second-order valence-corrected chi connectivity index (χ2v) is 9.07. The van der Waals surface area contributed by atoms with Crippen LogP contribution in [0, 0.1) is 0 Å². The number of rotatable bonds is 5. The van der Waals surface area contributed by atoms with Crippen LogP contribution >= 0.6 is 0 Å². The number of likely N-dealkylation sites (tertiary alicyclic amines) is 1. The van der Waals surface area contributed by atoms with Crippen LogP contribution in [0.25, 0.3) is 11.0 Å². The van der Waals surface area contributed by atoms with Crippen molar-refractivity contribution in [2.24, 2.45) is 0 Å². The van der Waals surface area contributed by atoms with E-state index in [1.165, 1.54) is 0 Å². The van der Waals surface area contributed by atoms with Crippen LogP contribution in [0.4, 0.5) is 5.82 Å². The van der Waals surface area contributed by atoms with Gasteiger partial charge < -0.3 is 19.7 Å². The van der Waals surface area contributed by atoms with E-state index in [1.807, 2.05) is 45.7 Å². The van der Waals surface area contributed by atoms with E-state index < -0.39 is 0 Å². The quantitative estimate of drug-likeness (QED) is 0.628. The number of para-hydroxylation sites is 2. The number of piperidine rings is 1. The monoisotopic (exact) mass is 461 g/mol. The Balaban J connectivity index is 1.37. The van der Waals surface area contributed by atoms with Gasteiger partial charge in [-0.05, 0) is 37.8 Å². The minimum absolute atomic E-state index is 0.0540. The van der Waals surface area contributed by atoms with E-state index in [1.54, 1.807) is 13.3 Å². The van der Waals surface area contributed by atoms with Crippen LogP contribution in [-0.4, -0.2) is 61.3 Å². The van der Waals surface area contributed by atoms with E-state index in [2.05, 4.69) is 10.3 Å². The highest BCUT2D eigenvalue weighted by atomic mass is 16.2. The molecule has 1 aromatic carbocycles. The number of hydrogen-bond donors (Lipinski definition) is 1. The van der Waals surface area contributed by atoms with E-state index in [0.29, 0.717) is 38.4 Å². The molecule has 34 heavy (non-hydrogen) atoms. The van der Waals surface area contributed by atoms with Crippen LogP contribution in [0.3, 0.4) is 0 Å². The van der Waals surface area contributed by atoms with E-state index in [0.717, 1.165) is 53.8 Å². The van der Waals surface area contributed by atoms with Crippen molar-refractivity contribution in [3.63, 3.8) is 0 Å². The molecule has 0 aliphatic carbocycles. The maximum Gasteiger partial charge on any atom is 0.224 e. The Morgan fingerprint density at radius 1 is 1.15 bits per heavy atom. The van der Waals surface area contributed by atoms with Crippen molar-refractivity contribution in [1.29, 1.82) is 0 Å². The highest BCUT2D eigenvalue weighted by Gasteiger charge is 2.32. The number of fused-ring (bicyclic) bond motifs is 2. The molecule has 178 valence electrons. The van der Waals surface area contributed by atoms with Gasteiger partial charge in [0.15, 0.2) is 5.82 Å². The second kappa shape index (κ2) is 9.40. The van der Waals surface area contributed by atoms with Gasteiger partial charge in [0.1, 0.15) is 5.82 Å². The molecular weight excluding hydrogens is 430 g/mol. The Morgan fingerprint density at radius 2 is 2.00 bits per heavy atom. The molecule has 0 saturated carbocycles. The molecule has 1 atom stereocenters. The van der Waals surface area contributed by atoms with Crippen LogP contribution in [-0.2, 0) is 29.1 Å². The number of aromatic nitrogens is 4. The summed E-state index contributed by atoms with van der Waals surface area (Å²) >= 11 is 0. The van der Waals surface area contributed by atoms with Gasteiger partial charge in [0.25, 0.3) is 0 Å². The minimum Gasteiger partial charge on any atom is -0.373 e. The smallest absolute Gasteiger partial charge is 0.224 e. The van der Waals surface area contributed by atoms with Gasteiger partial charge in [-0.25, -0.2) is 15.0 Å². The third-order valence-electron chi connectivity index (χ3n) is 6.98. The zero-order valence-electron chi connectivity index (χ0n) is 19.8. The van der Waals surface area contributed by atoms with Crippen LogP contribution in [0.15, 0.2) is 30.6 Å². The first kappa shape index (κ1) is 22.3. The lowest BCUT2D eigenvalue weighted by Crippen LogP contribution is -2.40. The molecule has 2 aliphatic rings. The molecule has 1 unspecified atom stereocenters. The molecule has 1 fully saturated rings. The molecule has 0 spiro atoms. The average molecular weight is 462 g/mol. The molecular formula is C25H31N7O2. The predicted octanol–water partition coefficient (Wildman–Crippen LogP) is 2.92. The molecule has 2 aromatic heterocycles. The fourth-order valence-electron chi connectivity index (χ4n) is 5.12. The fraction of sp³-hybridized carbons (Fsp3) is 0.480. The molecule has 9 heteroatoms. The summed E-state index contributed by atoms with van der Waals surface area (Å²) in [5, 5.41) is 3.22. The lowest BCUT2D eigenvalue weighted by molar-refractivity contribution is -0.135. The summed E-state index contributed by atoms with van der Waals surface area (Å²) in [4.78, 5) is 43.3. The van der Waals surface area contributed by atoms with Crippen LogP contribution in [0.5, 0.6) is 0 Å². The first-order chi connectivity index (χ1) is 16.5. The normalized spacial score (nSPS) is 18.1. The number of imidazole rings is 1. The molecule has 2 aliphatic heterocycles. The number of nitrogens with one attached hydrogen (secondary N) is 1. The molecule has 2 amide bonds. The zero-order chi connectivity index (χ0) is 23.7. The van der Waals surface area contributed by atoms with Crippen molar-refractivity contribution in [2.45, 2.75) is 58.2 Å². The fourth-order valence-corrected chi connectivity index (χ4v) is 5.12. The van der Waals surface area contributed by atoms with Crippen molar-refractivity contribution in [3.05, 3.63) is 47.7 Å². The van der Waals surface area contributed by atoms with E-state index in [9.17, 15) is 9.59 Å². The number of carbonyl (C=O) groups excluding carboxylic acids is 2. The lowest BCUT2D eigenvalue weighted by atomic mass is 9.99. The van der Waals surface area contributed by atoms with Crippen LogP contribution in [0.2, 0.25) is 0 Å². The topological polar surface area (TPSA) is 96.2 Å². The first-order valence-corrected chi connectivity index (χ1v) is 12.1. The number of hydrogen-bond acceptors (Lipinski definition) is 6. The highest BCUT2D eigenvalue weighted by molar-refractivity contribution is 5.78. The number of amides is 2. The summed E-state index contributed by atoms with van der Waals surface area (Å²) in [6, 6.07) is 7.82. The molecule has 1 N–H and O–H groups in total. The second-order valence-electron chi connectivity index (χ2n) is 9.07. The molecule has 0 bridgehead atoms. The van der Waals surface area contributed by atoms with E-state index in [4.69, 9.17) is 9.97 Å². The summed E-state index contributed by atoms with van der Waals surface area (Å²) in [5.74, 6) is 1.65. The van der Waals surface area contributed by atoms with Gasteiger partial charge in [-0.15, -0.1) is 0 Å². The summed E-state index contributed by atoms with van der Waals surface area (Å²) in [6.07, 6.45) is 5.81. The summed E-state index contributed by atoms with van der Waals surface area (Å²) in [6.45, 7) is 4.06. The van der Waals surface area contributed by atoms with Gasteiger partial charge in [0, 0.05) is 45.6 Å². The van der Waals surface area contributed by atoms with Gasteiger partial charge in [-0.1, -0.05) is 12.1 Å². The zero-order valence-corrected chi connectivity index (χ0v) is 19.8. The Labute approximate surface area is 199 Å². The minimum atomic E-state index is -0.147. The number of nitrogens with zero attached hydrogens (tertiary/aromatic N) is 6. The average Bonchev–Trinajstić information content (AvgIpc) is 3.29. The van der Waals surface area contributed by atoms with Gasteiger partial charge in [0.2, 0.25) is 11.8 Å². The maximum atomic E-state index is 13.4. The summed E-state index contributed by atoms with van der Waals surface area (Å²) < 4.78 is 2.04. The molecule has 1 saturated heterocycles. The standard InChI is InChI=1S/C25H31N7O2/c1-17(33)30-13-10-18-20(15-30)28-25(29-24(18)26-2)22-9-5-6-12-32(22)23(34)11-14-31-16-27-19-7-3-4-8-21(19)31/h3-4,7-8,16,22H,5-6,9-15H2,1-2H3,(H,26,28,29). The van der Waals surface area contributed by atoms with Gasteiger partial charge in [0.05, 0.1) is 35.6 Å². The van der Waals surface area contributed by atoms with Gasteiger partial charge in [-0.3, -0.25) is 9.59 Å². The predicted molar refractivity (Wildman–Crippen MR) is 129 cm³/mol. The molecule has 4 heterocycles. The van der Waals surface area contributed by atoms with Crippen molar-refractivity contribution in [1.82, 2.24) is 29.3 Å². The Morgan fingerprint density at radius 3 is 2.82 bits per heavy atom. The first-order valence-electron chi connectivity index (χ1n) is 12.1. The molecule has 9 nitrogen and oxygen atoms in total. The SMILES string of the molecule is CNc1nc(C2CCCCN2C(=O)CCn2cnc3ccccc32)nc2c1CCN(C(C)=O)C2. The summed E-state index contributed by atoms with van der Waals surface area (Å²) in [5.41, 5.74) is 3.94. The van der Waals surface area contributed by atoms with Crippen LogP contribution < -0.4 is 5.32 Å². The largest absolute Gasteiger partial charge is 0.373 e. The van der Waals surface area contributed by atoms with Gasteiger partial charge in [-0.2, -0.15) is 0 Å². The number of benzene rings is 1. The van der Waals surface area contributed by atoms with Crippen molar-refractivity contribution >= 4 is 28.7 Å². The Hall–Kier alpha value is -3.49. The maximum absolute atomic E-state index is 13.4. The number of anilines is 1. The Kier molecular flexibility index (Phi) is 6.17. The third kappa shape index (κ3) is 4.22. The number of aryl methyl sites for hydroxylation is 1. The van der Waals surface area contributed by atoms with Crippen molar-refractivity contribution in [2.75, 3.05) is 25.5 Å². The molecule has 5 rings (SSSR count). The summed E-state index contributed by atoms with van der Waals surface area (Å²) in [7, 11) is 1.86. The van der Waals surface area contributed by atoms with E-state index >= 15 is 0 Å². The molecule has 3 aromatic rings. The lowest BCUT2D eigenvalue weighted by Gasteiger charge is -2.36. The Bertz CT molecular complexity index is 1220. The molecule has 0 radical (unpaired) electrons. The van der Waals surface area contributed by atoms with Crippen molar-refractivity contribution < 1.29 is 9.59 Å². The van der Waals surface area contributed by atoms with Crippen LogP contribution in [0.1, 0.15) is 55.7 Å². The third-order valence-corrected chi connectivity index (χ3v) is 6.98. The van der Waals surface area contributed by atoms with Gasteiger partial charge >= 0.3 is 0 Å². The van der Waals surface area contributed by atoms with E-state index in [-0.39, 0.29) is 17.9 Å². The highest BCUT2D eigenvalue weighted by Crippen LogP contribution is 2.33. The number of carbonyl (C=O) groups is 2. The van der Waals surface area contributed by atoms with Crippen molar-refractivity contribution in [3.8, 4) is 0 Å².